The number of amides is 2. The first-order chi connectivity index (χ1) is 11.5. The van der Waals surface area contributed by atoms with Gasteiger partial charge in [-0.3, -0.25) is 9.59 Å². The van der Waals surface area contributed by atoms with Crippen LogP contribution in [0.15, 0.2) is 30.3 Å². The van der Waals surface area contributed by atoms with Crippen LogP contribution in [0.3, 0.4) is 0 Å². The molecule has 2 rings (SSSR count). The molecule has 1 fully saturated rings. The van der Waals surface area contributed by atoms with Gasteiger partial charge in [0.1, 0.15) is 0 Å². The molecule has 1 aromatic carbocycles. The van der Waals surface area contributed by atoms with E-state index in [-0.39, 0.29) is 29.7 Å². The monoisotopic (exact) mass is 330 g/mol. The molecule has 2 amide bonds. The van der Waals surface area contributed by atoms with E-state index in [0.29, 0.717) is 6.54 Å². The van der Waals surface area contributed by atoms with Gasteiger partial charge in [-0.25, -0.2) is 0 Å². The van der Waals surface area contributed by atoms with Crippen LogP contribution in [-0.2, 0) is 16.1 Å². The highest BCUT2D eigenvalue weighted by molar-refractivity contribution is 5.81. The van der Waals surface area contributed by atoms with Gasteiger partial charge in [-0.1, -0.05) is 30.3 Å². The summed E-state index contributed by atoms with van der Waals surface area (Å²) in [7, 11) is 0. The molecule has 0 atom stereocenters. The molecule has 0 radical (unpaired) electrons. The SMILES string of the molecule is CCN(Cc1ccccc1)C(=O)C1CCC(C(=O)NC(C)C)CC1. The van der Waals surface area contributed by atoms with Gasteiger partial charge in [0.05, 0.1) is 0 Å². The zero-order valence-corrected chi connectivity index (χ0v) is 15.1. The Bertz CT molecular complexity index is 534. The minimum absolute atomic E-state index is 0.0664. The van der Waals surface area contributed by atoms with Crippen LogP contribution in [0.2, 0.25) is 0 Å². The first-order valence-corrected chi connectivity index (χ1v) is 9.14. The highest BCUT2D eigenvalue weighted by Crippen LogP contribution is 2.30. The van der Waals surface area contributed by atoms with Crippen molar-refractivity contribution in [1.82, 2.24) is 10.2 Å². The second-order valence-electron chi connectivity index (χ2n) is 7.05. The fourth-order valence-electron chi connectivity index (χ4n) is 3.41. The van der Waals surface area contributed by atoms with Gasteiger partial charge in [0.2, 0.25) is 11.8 Å². The molecule has 0 saturated heterocycles. The molecule has 1 N–H and O–H groups in total. The van der Waals surface area contributed by atoms with Gasteiger partial charge in [-0.2, -0.15) is 0 Å². The van der Waals surface area contributed by atoms with Gasteiger partial charge in [-0.15, -0.1) is 0 Å². The van der Waals surface area contributed by atoms with Crippen molar-refractivity contribution >= 4 is 11.8 Å². The highest BCUT2D eigenvalue weighted by Gasteiger charge is 2.31. The topological polar surface area (TPSA) is 49.4 Å². The lowest BCUT2D eigenvalue weighted by Crippen LogP contribution is -2.40. The average molecular weight is 330 g/mol. The average Bonchev–Trinajstić information content (AvgIpc) is 2.59. The third kappa shape index (κ3) is 5.08. The molecule has 0 bridgehead atoms. The lowest BCUT2D eigenvalue weighted by Gasteiger charge is -2.31. The number of nitrogens with one attached hydrogen (secondary N) is 1. The first-order valence-electron chi connectivity index (χ1n) is 9.14. The molecule has 132 valence electrons. The summed E-state index contributed by atoms with van der Waals surface area (Å²) in [5.74, 6) is 0.522. The summed E-state index contributed by atoms with van der Waals surface area (Å²) in [6, 6.07) is 10.3. The Kier molecular flexibility index (Phi) is 6.83. The second-order valence-corrected chi connectivity index (χ2v) is 7.05. The molecule has 0 aromatic heterocycles. The molecule has 1 aromatic rings. The standard InChI is InChI=1S/C20H30N2O2/c1-4-22(14-16-8-6-5-7-9-16)20(24)18-12-10-17(11-13-18)19(23)21-15(2)3/h5-9,15,17-18H,4,10-14H2,1-3H3,(H,21,23). The van der Waals surface area contributed by atoms with E-state index < -0.39 is 0 Å². The predicted octanol–water partition coefficient (Wildman–Crippen LogP) is 3.37. The summed E-state index contributed by atoms with van der Waals surface area (Å²) in [5.41, 5.74) is 1.16. The number of hydrogen-bond donors (Lipinski definition) is 1. The Labute approximate surface area is 145 Å². The molecule has 1 aliphatic rings. The van der Waals surface area contributed by atoms with E-state index in [2.05, 4.69) is 17.4 Å². The van der Waals surface area contributed by atoms with Crippen molar-refractivity contribution < 1.29 is 9.59 Å². The summed E-state index contributed by atoms with van der Waals surface area (Å²) >= 11 is 0. The third-order valence-electron chi connectivity index (χ3n) is 4.79. The largest absolute Gasteiger partial charge is 0.354 e. The maximum atomic E-state index is 12.8. The quantitative estimate of drug-likeness (QED) is 0.869. The zero-order chi connectivity index (χ0) is 17.5. The normalized spacial score (nSPS) is 20.7. The number of rotatable bonds is 6. The molecule has 0 aliphatic heterocycles. The number of carbonyl (C=O) groups excluding carboxylic acids is 2. The van der Waals surface area contributed by atoms with Gasteiger partial charge in [0, 0.05) is 31.0 Å². The molecular weight excluding hydrogens is 300 g/mol. The van der Waals surface area contributed by atoms with E-state index in [1.165, 1.54) is 0 Å². The maximum Gasteiger partial charge on any atom is 0.225 e. The van der Waals surface area contributed by atoms with Crippen molar-refractivity contribution in [3.63, 3.8) is 0 Å². The third-order valence-corrected chi connectivity index (χ3v) is 4.79. The van der Waals surface area contributed by atoms with E-state index in [0.717, 1.165) is 37.8 Å². The van der Waals surface area contributed by atoms with Crippen molar-refractivity contribution in [3.05, 3.63) is 35.9 Å². The second kappa shape index (κ2) is 8.86. The van der Waals surface area contributed by atoms with Crippen molar-refractivity contribution in [2.24, 2.45) is 11.8 Å². The van der Waals surface area contributed by atoms with Crippen LogP contribution >= 0.6 is 0 Å². The van der Waals surface area contributed by atoms with Crippen LogP contribution in [-0.4, -0.2) is 29.3 Å². The zero-order valence-electron chi connectivity index (χ0n) is 15.1. The van der Waals surface area contributed by atoms with Crippen LogP contribution in [0.5, 0.6) is 0 Å². The molecule has 0 unspecified atom stereocenters. The van der Waals surface area contributed by atoms with E-state index in [1.807, 2.05) is 43.9 Å². The highest BCUT2D eigenvalue weighted by atomic mass is 16.2. The Morgan fingerprint density at radius 1 is 1.08 bits per heavy atom. The summed E-state index contributed by atoms with van der Waals surface area (Å²) in [5, 5.41) is 2.99. The Hall–Kier alpha value is -1.84. The van der Waals surface area contributed by atoms with Gasteiger partial charge in [-0.05, 0) is 52.0 Å². The van der Waals surface area contributed by atoms with Crippen molar-refractivity contribution in [3.8, 4) is 0 Å². The van der Waals surface area contributed by atoms with Crippen molar-refractivity contribution in [2.45, 2.75) is 59.0 Å². The Morgan fingerprint density at radius 2 is 1.67 bits per heavy atom. The lowest BCUT2D eigenvalue weighted by molar-refractivity contribution is -0.138. The van der Waals surface area contributed by atoms with Gasteiger partial charge in [0.25, 0.3) is 0 Å². The minimum Gasteiger partial charge on any atom is -0.354 e. The van der Waals surface area contributed by atoms with Gasteiger partial charge in [0.15, 0.2) is 0 Å². The minimum atomic E-state index is 0.0664. The van der Waals surface area contributed by atoms with Crippen LogP contribution in [0, 0.1) is 11.8 Å². The van der Waals surface area contributed by atoms with Crippen LogP contribution < -0.4 is 5.32 Å². The first kappa shape index (κ1) is 18.5. The van der Waals surface area contributed by atoms with E-state index in [1.54, 1.807) is 0 Å². The number of benzene rings is 1. The smallest absolute Gasteiger partial charge is 0.225 e. The van der Waals surface area contributed by atoms with Gasteiger partial charge < -0.3 is 10.2 Å². The molecule has 0 spiro atoms. The molecule has 24 heavy (non-hydrogen) atoms. The lowest BCUT2D eigenvalue weighted by atomic mass is 9.80. The maximum absolute atomic E-state index is 12.8. The van der Waals surface area contributed by atoms with Crippen molar-refractivity contribution in [1.29, 1.82) is 0 Å². The molecule has 4 heteroatoms. The van der Waals surface area contributed by atoms with E-state index in [9.17, 15) is 9.59 Å². The molecule has 0 heterocycles. The number of hydrogen-bond acceptors (Lipinski definition) is 2. The fraction of sp³-hybridized carbons (Fsp3) is 0.600. The predicted molar refractivity (Wildman–Crippen MR) is 96.3 cm³/mol. The molecule has 1 aliphatic carbocycles. The number of nitrogens with zero attached hydrogens (tertiary/aromatic N) is 1. The Balaban J connectivity index is 1.87. The summed E-state index contributed by atoms with van der Waals surface area (Å²) in [6.07, 6.45) is 3.27. The van der Waals surface area contributed by atoms with Crippen LogP contribution in [0.25, 0.3) is 0 Å². The van der Waals surface area contributed by atoms with E-state index >= 15 is 0 Å². The summed E-state index contributed by atoms with van der Waals surface area (Å²) in [6.45, 7) is 7.39. The Morgan fingerprint density at radius 3 is 2.21 bits per heavy atom. The van der Waals surface area contributed by atoms with Crippen LogP contribution in [0.4, 0.5) is 0 Å². The summed E-state index contributed by atoms with van der Waals surface area (Å²) < 4.78 is 0. The molecular formula is C20H30N2O2. The van der Waals surface area contributed by atoms with Gasteiger partial charge >= 0.3 is 0 Å². The summed E-state index contributed by atoms with van der Waals surface area (Å²) in [4.78, 5) is 26.9. The molecule has 1 saturated carbocycles. The molecule has 4 nitrogen and oxygen atoms in total. The van der Waals surface area contributed by atoms with Crippen molar-refractivity contribution in [2.75, 3.05) is 6.54 Å². The van der Waals surface area contributed by atoms with E-state index in [4.69, 9.17) is 0 Å². The fourth-order valence-corrected chi connectivity index (χ4v) is 3.41. The number of carbonyl (C=O) groups is 2. The van der Waals surface area contributed by atoms with Crippen LogP contribution in [0.1, 0.15) is 52.0 Å².